The van der Waals surface area contributed by atoms with Crippen molar-refractivity contribution in [1.82, 2.24) is 4.98 Å². The molecule has 32 heavy (non-hydrogen) atoms. The molecule has 1 amide bonds. The lowest BCUT2D eigenvalue weighted by atomic mass is 9.98. The Morgan fingerprint density at radius 1 is 1.06 bits per heavy atom. The van der Waals surface area contributed by atoms with Crippen molar-refractivity contribution in [2.75, 3.05) is 4.90 Å². The molecule has 6 nitrogen and oxygen atoms in total. The monoisotopic (exact) mass is 424 g/mol. The first-order valence-corrected chi connectivity index (χ1v) is 10.4. The third-order valence-corrected chi connectivity index (χ3v) is 5.69. The van der Waals surface area contributed by atoms with Gasteiger partial charge in [0.05, 0.1) is 11.3 Å². The zero-order chi connectivity index (χ0) is 22.2. The number of fused-ring (bicyclic) bond motifs is 1. The smallest absolute Gasteiger partial charge is 0.294 e. The molecule has 0 fully saturated rings. The van der Waals surface area contributed by atoms with Gasteiger partial charge in [0.25, 0.3) is 5.91 Å². The van der Waals surface area contributed by atoms with Crippen LogP contribution in [0.1, 0.15) is 34.8 Å². The lowest BCUT2D eigenvalue weighted by Gasteiger charge is -2.26. The fraction of sp³-hybridized carbons (Fsp3) is 0.115. The van der Waals surface area contributed by atoms with E-state index >= 15 is 0 Å². The number of ketones is 1. The lowest BCUT2D eigenvalue weighted by Crippen LogP contribution is -2.31. The summed E-state index contributed by atoms with van der Waals surface area (Å²) in [5.41, 5.74) is 2.67. The molecule has 0 spiro atoms. The number of aromatic nitrogens is 1. The van der Waals surface area contributed by atoms with E-state index < -0.39 is 23.5 Å². The number of hydrogen-bond donors (Lipinski definition) is 1. The van der Waals surface area contributed by atoms with Crippen LogP contribution in [0.5, 0.6) is 0 Å². The summed E-state index contributed by atoms with van der Waals surface area (Å²) in [4.78, 5) is 32.5. The highest BCUT2D eigenvalue weighted by molar-refractivity contribution is 6.20. The van der Waals surface area contributed by atoms with E-state index in [-0.39, 0.29) is 11.3 Å². The maximum Gasteiger partial charge on any atom is 0.294 e. The first-order valence-electron chi connectivity index (χ1n) is 10.4. The Bertz CT molecular complexity index is 1320. The summed E-state index contributed by atoms with van der Waals surface area (Å²) in [6, 6.07) is 20.7. The van der Waals surface area contributed by atoms with E-state index in [2.05, 4.69) is 4.98 Å². The van der Waals surface area contributed by atoms with Crippen molar-refractivity contribution in [1.29, 1.82) is 0 Å². The third kappa shape index (κ3) is 3.17. The summed E-state index contributed by atoms with van der Waals surface area (Å²) in [7, 11) is 0. The number of para-hydroxylation sites is 1. The second-order valence-electron chi connectivity index (χ2n) is 7.59. The molecule has 6 heteroatoms. The Morgan fingerprint density at radius 2 is 1.81 bits per heavy atom. The standard InChI is InChI=1S/C26H20N2O4/c1-2-16-10-12-18(13-11-16)28-23(19-8-5-6-14-27-19)22(25(30)26(28)31)24(29)21-15-17-7-3-4-9-20(17)32-21/h3-15,23,30H,2H2,1H3. The van der Waals surface area contributed by atoms with Gasteiger partial charge < -0.3 is 9.52 Å². The highest BCUT2D eigenvalue weighted by Gasteiger charge is 2.46. The van der Waals surface area contributed by atoms with Crippen LogP contribution in [0.15, 0.2) is 94.7 Å². The SMILES string of the molecule is CCc1ccc(N2C(=O)C(O)=C(C(=O)c3cc4ccccc4o3)C2c2ccccn2)cc1. The topological polar surface area (TPSA) is 83.6 Å². The van der Waals surface area contributed by atoms with Crippen molar-refractivity contribution in [2.45, 2.75) is 19.4 Å². The van der Waals surface area contributed by atoms with Gasteiger partial charge in [-0.2, -0.15) is 0 Å². The molecule has 5 rings (SSSR count). The number of aliphatic hydroxyl groups excluding tert-OH is 1. The molecular formula is C26H20N2O4. The number of benzene rings is 2. The van der Waals surface area contributed by atoms with E-state index in [1.165, 1.54) is 4.90 Å². The summed E-state index contributed by atoms with van der Waals surface area (Å²) >= 11 is 0. The molecule has 1 N–H and O–H groups in total. The number of pyridine rings is 1. The van der Waals surface area contributed by atoms with Crippen molar-refractivity contribution in [3.05, 3.63) is 107 Å². The minimum atomic E-state index is -0.878. The van der Waals surface area contributed by atoms with Gasteiger partial charge >= 0.3 is 0 Å². The van der Waals surface area contributed by atoms with Gasteiger partial charge in [-0.1, -0.05) is 43.3 Å². The fourth-order valence-electron chi connectivity index (χ4n) is 4.04. The molecule has 0 radical (unpaired) electrons. The van der Waals surface area contributed by atoms with Gasteiger partial charge in [0.1, 0.15) is 11.6 Å². The minimum Gasteiger partial charge on any atom is -0.503 e. The van der Waals surface area contributed by atoms with Gasteiger partial charge in [0.2, 0.25) is 5.78 Å². The van der Waals surface area contributed by atoms with Gasteiger partial charge in [-0.3, -0.25) is 19.5 Å². The van der Waals surface area contributed by atoms with E-state index in [9.17, 15) is 14.7 Å². The summed E-state index contributed by atoms with van der Waals surface area (Å²) in [6.45, 7) is 2.05. The van der Waals surface area contributed by atoms with E-state index in [1.54, 1.807) is 36.5 Å². The molecule has 0 aliphatic carbocycles. The van der Waals surface area contributed by atoms with Crippen molar-refractivity contribution < 1.29 is 19.1 Å². The quantitative estimate of drug-likeness (QED) is 0.447. The number of furan rings is 1. The maximum absolute atomic E-state index is 13.5. The second kappa shape index (κ2) is 7.81. The van der Waals surface area contributed by atoms with Crippen molar-refractivity contribution in [3.63, 3.8) is 0 Å². The molecule has 1 unspecified atom stereocenters. The van der Waals surface area contributed by atoms with E-state index in [1.807, 2.05) is 49.4 Å². The number of carbonyl (C=O) groups excluding carboxylic acids is 2. The Balaban J connectivity index is 1.64. The molecule has 0 saturated heterocycles. The first kappa shape index (κ1) is 19.8. The molecule has 3 heterocycles. The normalized spacial score (nSPS) is 16.2. The molecule has 0 bridgehead atoms. The van der Waals surface area contributed by atoms with Crippen molar-refractivity contribution in [2.24, 2.45) is 0 Å². The average molecular weight is 424 g/mol. The molecule has 4 aromatic rings. The summed E-state index contributed by atoms with van der Waals surface area (Å²) in [6.07, 6.45) is 2.45. The van der Waals surface area contributed by atoms with E-state index in [0.29, 0.717) is 17.0 Å². The Morgan fingerprint density at radius 3 is 2.50 bits per heavy atom. The number of nitrogens with zero attached hydrogens (tertiary/aromatic N) is 2. The van der Waals surface area contributed by atoms with Crippen LogP contribution in [0.3, 0.4) is 0 Å². The molecule has 2 aromatic carbocycles. The van der Waals surface area contributed by atoms with Gasteiger partial charge in [0.15, 0.2) is 11.5 Å². The number of Topliss-reactive ketones (excluding diaryl/α,β-unsaturated/α-hetero) is 1. The second-order valence-corrected chi connectivity index (χ2v) is 7.59. The number of hydrogen-bond acceptors (Lipinski definition) is 5. The van der Waals surface area contributed by atoms with Crippen LogP contribution in [-0.4, -0.2) is 21.8 Å². The molecular weight excluding hydrogens is 404 g/mol. The van der Waals surface area contributed by atoms with E-state index in [0.717, 1.165) is 17.4 Å². The van der Waals surface area contributed by atoms with Crippen LogP contribution in [0.25, 0.3) is 11.0 Å². The number of carbonyl (C=O) groups is 2. The molecule has 1 aliphatic rings. The average Bonchev–Trinajstić information content (AvgIpc) is 3.38. The summed E-state index contributed by atoms with van der Waals surface area (Å²) in [5, 5.41) is 11.6. The summed E-state index contributed by atoms with van der Waals surface area (Å²) in [5.74, 6) is -1.73. The van der Waals surface area contributed by atoms with Gasteiger partial charge in [0, 0.05) is 17.3 Å². The van der Waals surface area contributed by atoms with Gasteiger partial charge in [-0.15, -0.1) is 0 Å². The van der Waals surface area contributed by atoms with Crippen LogP contribution in [0.2, 0.25) is 0 Å². The Labute approximate surface area is 184 Å². The molecule has 1 atom stereocenters. The van der Waals surface area contributed by atoms with Crippen LogP contribution in [0.4, 0.5) is 5.69 Å². The van der Waals surface area contributed by atoms with Crippen molar-refractivity contribution >= 4 is 28.3 Å². The lowest BCUT2D eigenvalue weighted by molar-refractivity contribution is -0.117. The zero-order valence-corrected chi connectivity index (χ0v) is 17.4. The van der Waals surface area contributed by atoms with Crippen LogP contribution < -0.4 is 4.90 Å². The zero-order valence-electron chi connectivity index (χ0n) is 17.4. The van der Waals surface area contributed by atoms with Crippen LogP contribution >= 0.6 is 0 Å². The fourth-order valence-corrected chi connectivity index (χ4v) is 4.04. The predicted octanol–water partition coefficient (Wildman–Crippen LogP) is 5.17. The summed E-state index contributed by atoms with van der Waals surface area (Å²) < 4.78 is 5.74. The van der Waals surface area contributed by atoms with Crippen molar-refractivity contribution in [3.8, 4) is 0 Å². The van der Waals surface area contributed by atoms with Crippen LogP contribution in [-0.2, 0) is 11.2 Å². The molecule has 1 aliphatic heterocycles. The molecule has 0 saturated carbocycles. The Kier molecular flexibility index (Phi) is 4.82. The highest BCUT2D eigenvalue weighted by Crippen LogP contribution is 2.41. The van der Waals surface area contributed by atoms with E-state index in [4.69, 9.17) is 4.42 Å². The number of aryl methyl sites for hydroxylation is 1. The third-order valence-electron chi connectivity index (χ3n) is 5.69. The molecule has 158 valence electrons. The first-order chi connectivity index (χ1) is 15.6. The highest BCUT2D eigenvalue weighted by atomic mass is 16.3. The van der Waals surface area contributed by atoms with Crippen LogP contribution in [0, 0.1) is 0 Å². The number of anilines is 1. The number of amides is 1. The Hall–Kier alpha value is -4.19. The van der Waals surface area contributed by atoms with Gasteiger partial charge in [-0.25, -0.2) is 0 Å². The van der Waals surface area contributed by atoms with Gasteiger partial charge in [-0.05, 0) is 48.4 Å². The molecule has 2 aromatic heterocycles. The largest absolute Gasteiger partial charge is 0.503 e. The number of aliphatic hydroxyl groups is 1. The number of rotatable bonds is 5. The maximum atomic E-state index is 13.5. The predicted molar refractivity (Wildman–Crippen MR) is 120 cm³/mol. The minimum absolute atomic E-state index is 0.0488.